The molecule has 1 atom stereocenters. The fourth-order valence-electron chi connectivity index (χ4n) is 1.72. The van der Waals surface area contributed by atoms with Crippen molar-refractivity contribution < 1.29 is 14.7 Å². The molecule has 0 radical (unpaired) electrons. The second-order valence-corrected chi connectivity index (χ2v) is 6.38. The molecule has 2 aromatic rings. The van der Waals surface area contributed by atoms with E-state index >= 15 is 0 Å². The average molecular weight is 325 g/mol. The number of aromatic nitrogens is 2. The molecule has 1 unspecified atom stereocenters. The Labute approximate surface area is 130 Å². The molecule has 1 amide bonds. The van der Waals surface area contributed by atoms with E-state index in [2.05, 4.69) is 10.4 Å². The van der Waals surface area contributed by atoms with E-state index in [1.807, 2.05) is 17.5 Å². The molecule has 0 aliphatic heterocycles. The van der Waals surface area contributed by atoms with E-state index in [1.165, 1.54) is 27.5 Å². The van der Waals surface area contributed by atoms with Crippen molar-refractivity contribution in [2.45, 2.75) is 11.8 Å². The maximum Gasteiger partial charge on any atom is 0.331 e. The summed E-state index contributed by atoms with van der Waals surface area (Å²) < 4.78 is 1.50. The van der Waals surface area contributed by atoms with Crippen molar-refractivity contribution in [3.8, 4) is 0 Å². The van der Waals surface area contributed by atoms with Crippen molar-refractivity contribution in [2.75, 3.05) is 5.75 Å². The molecular weight excluding hydrogens is 310 g/mol. The van der Waals surface area contributed by atoms with Crippen molar-refractivity contribution >= 4 is 35.0 Å². The first-order valence-corrected chi connectivity index (χ1v) is 8.20. The number of nitrogens with zero attached hydrogens (tertiary/aromatic N) is 2. The van der Waals surface area contributed by atoms with Crippen molar-refractivity contribution in [2.24, 2.45) is 7.05 Å². The second kappa shape index (κ2) is 7.28. The zero-order chi connectivity index (χ0) is 15.2. The van der Waals surface area contributed by atoms with E-state index in [1.54, 1.807) is 24.6 Å². The Morgan fingerprint density at radius 3 is 2.95 bits per heavy atom. The number of aryl methyl sites for hydroxylation is 1. The van der Waals surface area contributed by atoms with Crippen LogP contribution in [0.2, 0.25) is 0 Å². The number of carbonyl (C=O) groups is 2. The molecule has 2 rings (SSSR count). The maximum atomic E-state index is 11.8. The molecule has 2 N–H and O–H groups in total. The highest BCUT2D eigenvalue weighted by molar-refractivity contribution is 7.99. The van der Waals surface area contributed by atoms with Gasteiger partial charge in [0.2, 0.25) is 5.91 Å². The Morgan fingerprint density at radius 1 is 1.57 bits per heavy atom. The van der Waals surface area contributed by atoms with Gasteiger partial charge in [0, 0.05) is 29.4 Å². The van der Waals surface area contributed by atoms with Crippen LogP contribution in [0.5, 0.6) is 0 Å². The first-order valence-electron chi connectivity index (χ1n) is 6.17. The first kappa shape index (κ1) is 15.6. The summed E-state index contributed by atoms with van der Waals surface area (Å²) in [4.78, 5) is 24.3. The molecular formula is C13H15N3O3S2. The number of hydrogen-bond acceptors (Lipinski definition) is 5. The highest BCUT2D eigenvalue weighted by Crippen LogP contribution is 2.17. The summed E-state index contributed by atoms with van der Waals surface area (Å²) in [5, 5.41) is 17.6. The third-order valence-corrected chi connectivity index (χ3v) is 4.71. The van der Waals surface area contributed by atoms with Gasteiger partial charge in [-0.05, 0) is 11.4 Å². The van der Waals surface area contributed by atoms with E-state index in [-0.39, 0.29) is 11.7 Å². The number of amides is 1. The molecule has 0 fully saturated rings. The SMILES string of the molecule is Cn1cc(C(NC(=O)CSCc2cccs2)C(=O)O)cn1. The summed E-state index contributed by atoms with van der Waals surface area (Å²) in [6.45, 7) is 0. The summed E-state index contributed by atoms with van der Waals surface area (Å²) in [6.07, 6.45) is 3.02. The van der Waals surface area contributed by atoms with Crippen LogP contribution in [-0.4, -0.2) is 32.5 Å². The first-order chi connectivity index (χ1) is 10.1. The van der Waals surface area contributed by atoms with Crippen LogP contribution in [0.3, 0.4) is 0 Å². The molecule has 6 nitrogen and oxygen atoms in total. The lowest BCUT2D eigenvalue weighted by Gasteiger charge is -2.12. The lowest BCUT2D eigenvalue weighted by Crippen LogP contribution is -2.34. The lowest BCUT2D eigenvalue weighted by atomic mass is 10.1. The minimum Gasteiger partial charge on any atom is -0.479 e. The van der Waals surface area contributed by atoms with Gasteiger partial charge in [-0.25, -0.2) is 4.79 Å². The van der Waals surface area contributed by atoms with Crippen LogP contribution < -0.4 is 5.32 Å². The molecule has 0 saturated carbocycles. The van der Waals surface area contributed by atoms with Crippen LogP contribution in [0.15, 0.2) is 29.9 Å². The highest BCUT2D eigenvalue weighted by atomic mass is 32.2. The van der Waals surface area contributed by atoms with Gasteiger partial charge < -0.3 is 10.4 Å². The fraction of sp³-hybridized carbons (Fsp3) is 0.308. The van der Waals surface area contributed by atoms with E-state index < -0.39 is 12.0 Å². The fourth-order valence-corrected chi connectivity index (χ4v) is 3.40. The normalized spacial score (nSPS) is 12.0. The summed E-state index contributed by atoms with van der Waals surface area (Å²) in [6, 6.07) is 2.91. The number of carbonyl (C=O) groups excluding carboxylic acids is 1. The molecule has 0 saturated heterocycles. The van der Waals surface area contributed by atoms with Crippen molar-refractivity contribution in [3.63, 3.8) is 0 Å². The number of hydrogen-bond donors (Lipinski definition) is 2. The third-order valence-electron chi connectivity index (χ3n) is 2.67. The molecule has 0 aliphatic carbocycles. The van der Waals surface area contributed by atoms with Gasteiger partial charge in [0.15, 0.2) is 6.04 Å². The Bertz CT molecular complexity index is 610. The Kier molecular flexibility index (Phi) is 5.40. The third kappa shape index (κ3) is 4.61. The molecule has 21 heavy (non-hydrogen) atoms. The summed E-state index contributed by atoms with van der Waals surface area (Å²) in [5.41, 5.74) is 0.460. The van der Waals surface area contributed by atoms with Crippen LogP contribution in [-0.2, 0) is 22.4 Å². The van der Waals surface area contributed by atoms with Gasteiger partial charge in [0.05, 0.1) is 11.9 Å². The number of rotatable bonds is 7. The minimum atomic E-state index is -1.10. The van der Waals surface area contributed by atoms with Gasteiger partial charge in [-0.3, -0.25) is 9.48 Å². The molecule has 0 bridgehead atoms. The zero-order valence-electron chi connectivity index (χ0n) is 11.4. The number of carboxylic acid groups (broad SMARTS) is 1. The number of carboxylic acids is 1. The molecule has 0 aliphatic rings. The van der Waals surface area contributed by atoms with Gasteiger partial charge >= 0.3 is 5.97 Å². The molecule has 112 valence electrons. The van der Waals surface area contributed by atoms with Gasteiger partial charge in [0.1, 0.15) is 0 Å². The maximum absolute atomic E-state index is 11.8. The van der Waals surface area contributed by atoms with Crippen molar-refractivity contribution in [1.82, 2.24) is 15.1 Å². The smallest absolute Gasteiger partial charge is 0.331 e. The summed E-state index contributed by atoms with van der Waals surface area (Å²) >= 11 is 3.09. The number of thioether (sulfide) groups is 1. The molecule has 2 heterocycles. The number of thiophene rings is 1. The van der Waals surface area contributed by atoms with E-state index in [0.717, 1.165) is 5.75 Å². The second-order valence-electron chi connectivity index (χ2n) is 4.36. The largest absolute Gasteiger partial charge is 0.479 e. The lowest BCUT2D eigenvalue weighted by molar-refractivity contribution is -0.141. The average Bonchev–Trinajstić information content (AvgIpc) is 3.07. The van der Waals surface area contributed by atoms with E-state index in [4.69, 9.17) is 0 Å². The quantitative estimate of drug-likeness (QED) is 0.809. The van der Waals surface area contributed by atoms with Gasteiger partial charge in [-0.2, -0.15) is 5.10 Å². The Balaban J connectivity index is 1.85. The topological polar surface area (TPSA) is 84.2 Å². The van der Waals surface area contributed by atoms with Crippen LogP contribution >= 0.6 is 23.1 Å². The monoisotopic (exact) mass is 325 g/mol. The van der Waals surface area contributed by atoms with Crippen molar-refractivity contribution in [1.29, 1.82) is 0 Å². The molecule has 2 aromatic heterocycles. The molecule has 0 spiro atoms. The molecule has 8 heteroatoms. The van der Waals surface area contributed by atoms with Crippen LogP contribution in [0, 0.1) is 0 Å². The van der Waals surface area contributed by atoms with E-state index in [0.29, 0.717) is 5.56 Å². The van der Waals surface area contributed by atoms with Gasteiger partial charge in [-0.1, -0.05) is 6.07 Å². The van der Waals surface area contributed by atoms with Gasteiger partial charge in [-0.15, -0.1) is 23.1 Å². The predicted octanol–water partition coefficient (Wildman–Crippen LogP) is 1.66. The number of nitrogens with one attached hydrogen (secondary N) is 1. The van der Waals surface area contributed by atoms with Crippen molar-refractivity contribution in [3.05, 3.63) is 40.3 Å². The van der Waals surface area contributed by atoms with Crippen LogP contribution in [0.1, 0.15) is 16.5 Å². The standard InChI is InChI=1S/C13H15N3O3S2/c1-16-6-9(5-14-16)12(13(18)19)15-11(17)8-20-7-10-3-2-4-21-10/h2-6,12H,7-8H2,1H3,(H,15,17)(H,18,19). The Hall–Kier alpha value is -1.80. The molecule has 0 aromatic carbocycles. The zero-order valence-corrected chi connectivity index (χ0v) is 13.0. The highest BCUT2D eigenvalue weighted by Gasteiger charge is 2.23. The summed E-state index contributed by atoms with van der Waals surface area (Å²) in [7, 11) is 1.70. The van der Waals surface area contributed by atoms with E-state index in [9.17, 15) is 14.7 Å². The summed E-state index contributed by atoms with van der Waals surface area (Å²) in [5.74, 6) is -0.426. The van der Waals surface area contributed by atoms with Crippen LogP contribution in [0.4, 0.5) is 0 Å². The number of aliphatic carboxylic acids is 1. The minimum absolute atomic E-state index is 0.224. The van der Waals surface area contributed by atoms with Gasteiger partial charge in [0.25, 0.3) is 0 Å². The predicted molar refractivity (Wildman–Crippen MR) is 82.2 cm³/mol. The Morgan fingerprint density at radius 2 is 2.38 bits per heavy atom. The van der Waals surface area contributed by atoms with Crippen LogP contribution in [0.25, 0.3) is 0 Å².